The van der Waals surface area contributed by atoms with E-state index in [0.717, 1.165) is 19.4 Å². The third-order valence-electron chi connectivity index (χ3n) is 4.02. The molecule has 0 aromatic rings. The number of nitrogens with one attached hydrogen (secondary N) is 1. The van der Waals surface area contributed by atoms with Gasteiger partial charge in [-0.1, -0.05) is 0 Å². The minimum absolute atomic E-state index is 0.0950. The standard InChI is InChI=1S/C14H23F3N2O3/c15-14(16,17)11-3-1-6-19(9-11)13(20)18-5-8-21-10-12-4-2-7-22-12/h11-12H,1-10H2,(H,18,20). The monoisotopic (exact) mass is 324 g/mol. The summed E-state index contributed by atoms with van der Waals surface area (Å²) in [5.74, 6) is -1.41. The summed E-state index contributed by atoms with van der Waals surface area (Å²) in [7, 11) is 0. The third-order valence-corrected chi connectivity index (χ3v) is 4.02. The van der Waals surface area contributed by atoms with Gasteiger partial charge in [-0.3, -0.25) is 0 Å². The number of amides is 2. The molecular formula is C14H23F3N2O3. The highest BCUT2D eigenvalue weighted by Gasteiger charge is 2.42. The maximum Gasteiger partial charge on any atom is 0.393 e. The lowest BCUT2D eigenvalue weighted by atomic mass is 9.98. The van der Waals surface area contributed by atoms with Crippen molar-refractivity contribution in [1.29, 1.82) is 0 Å². The Balaban J connectivity index is 1.60. The number of ether oxygens (including phenoxy) is 2. The highest BCUT2D eigenvalue weighted by molar-refractivity contribution is 5.74. The molecule has 2 unspecified atom stereocenters. The molecule has 2 heterocycles. The Hall–Kier alpha value is -1.02. The summed E-state index contributed by atoms with van der Waals surface area (Å²) >= 11 is 0. The first-order valence-electron chi connectivity index (χ1n) is 7.75. The normalized spacial score (nSPS) is 26.2. The van der Waals surface area contributed by atoms with Crippen LogP contribution in [0, 0.1) is 5.92 Å². The molecule has 8 heteroatoms. The molecule has 0 radical (unpaired) electrons. The van der Waals surface area contributed by atoms with Gasteiger partial charge in [0.05, 0.1) is 25.2 Å². The molecule has 2 rings (SSSR count). The average molecular weight is 324 g/mol. The van der Waals surface area contributed by atoms with Crippen LogP contribution in [0.25, 0.3) is 0 Å². The Labute approximate surface area is 128 Å². The first-order valence-corrected chi connectivity index (χ1v) is 7.75. The van der Waals surface area contributed by atoms with Crippen molar-refractivity contribution in [2.45, 2.75) is 38.0 Å². The topological polar surface area (TPSA) is 50.8 Å². The molecule has 0 saturated carbocycles. The van der Waals surface area contributed by atoms with Crippen molar-refractivity contribution >= 4 is 6.03 Å². The van der Waals surface area contributed by atoms with E-state index in [9.17, 15) is 18.0 Å². The van der Waals surface area contributed by atoms with Crippen molar-refractivity contribution in [2.75, 3.05) is 39.5 Å². The number of likely N-dealkylation sites (tertiary alicyclic amines) is 1. The van der Waals surface area contributed by atoms with E-state index in [1.807, 2.05) is 0 Å². The molecule has 2 aliphatic rings. The lowest BCUT2D eigenvalue weighted by Gasteiger charge is -2.33. The zero-order chi connectivity index (χ0) is 16.0. The van der Waals surface area contributed by atoms with Crippen molar-refractivity contribution in [2.24, 2.45) is 5.92 Å². The Kier molecular flexibility index (Phi) is 6.31. The zero-order valence-electron chi connectivity index (χ0n) is 12.5. The molecule has 1 N–H and O–H groups in total. The lowest BCUT2D eigenvalue weighted by Crippen LogP contribution is -2.49. The molecule has 0 bridgehead atoms. The second-order valence-corrected chi connectivity index (χ2v) is 5.77. The molecule has 2 aliphatic heterocycles. The smallest absolute Gasteiger partial charge is 0.377 e. The molecule has 0 aliphatic carbocycles. The number of hydrogen-bond acceptors (Lipinski definition) is 3. The predicted molar refractivity (Wildman–Crippen MR) is 73.5 cm³/mol. The third kappa shape index (κ3) is 5.31. The van der Waals surface area contributed by atoms with Crippen molar-refractivity contribution in [3.8, 4) is 0 Å². The van der Waals surface area contributed by atoms with Gasteiger partial charge in [0.1, 0.15) is 0 Å². The van der Waals surface area contributed by atoms with Crippen LogP contribution in [0.1, 0.15) is 25.7 Å². The quantitative estimate of drug-likeness (QED) is 0.789. The fourth-order valence-electron chi connectivity index (χ4n) is 2.76. The average Bonchev–Trinajstić information content (AvgIpc) is 2.99. The van der Waals surface area contributed by atoms with E-state index in [0.29, 0.717) is 32.7 Å². The predicted octanol–water partition coefficient (Wildman–Crippen LogP) is 2.17. The lowest BCUT2D eigenvalue weighted by molar-refractivity contribution is -0.184. The van der Waals surface area contributed by atoms with Gasteiger partial charge in [0.25, 0.3) is 0 Å². The molecule has 2 fully saturated rings. The molecular weight excluding hydrogens is 301 g/mol. The molecule has 5 nitrogen and oxygen atoms in total. The number of rotatable bonds is 5. The molecule has 0 aromatic heterocycles. The van der Waals surface area contributed by atoms with Gasteiger partial charge in [-0.05, 0) is 25.7 Å². The van der Waals surface area contributed by atoms with Crippen LogP contribution in [-0.2, 0) is 9.47 Å². The van der Waals surface area contributed by atoms with Crippen molar-refractivity contribution in [1.82, 2.24) is 10.2 Å². The minimum atomic E-state index is -4.23. The second-order valence-electron chi connectivity index (χ2n) is 5.77. The van der Waals surface area contributed by atoms with Crippen molar-refractivity contribution < 1.29 is 27.4 Å². The number of hydrogen-bond donors (Lipinski definition) is 1. The summed E-state index contributed by atoms with van der Waals surface area (Å²) in [5, 5.41) is 2.60. The van der Waals surface area contributed by atoms with Crippen LogP contribution in [0.5, 0.6) is 0 Å². The Morgan fingerprint density at radius 1 is 1.32 bits per heavy atom. The molecule has 22 heavy (non-hydrogen) atoms. The number of nitrogens with zero attached hydrogens (tertiary/aromatic N) is 1. The summed E-state index contributed by atoms with van der Waals surface area (Å²) in [5.41, 5.74) is 0. The van der Waals surface area contributed by atoms with E-state index in [4.69, 9.17) is 9.47 Å². The Morgan fingerprint density at radius 2 is 2.14 bits per heavy atom. The number of piperidine rings is 1. The molecule has 2 atom stereocenters. The van der Waals surface area contributed by atoms with Crippen LogP contribution in [0.4, 0.5) is 18.0 Å². The first-order chi connectivity index (χ1) is 10.5. The van der Waals surface area contributed by atoms with Crippen LogP contribution in [-0.4, -0.2) is 62.7 Å². The SMILES string of the molecule is O=C(NCCOCC1CCCO1)N1CCCC(C(F)(F)F)C1. The van der Waals surface area contributed by atoms with Gasteiger partial charge in [-0.25, -0.2) is 4.79 Å². The van der Waals surface area contributed by atoms with Crippen LogP contribution < -0.4 is 5.32 Å². The van der Waals surface area contributed by atoms with Crippen LogP contribution in [0.3, 0.4) is 0 Å². The van der Waals surface area contributed by atoms with Gasteiger partial charge in [0.2, 0.25) is 0 Å². The summed E-state index contributed by atoms with van der Waals surface area (Å²) in [6.45, 7) is 2.00. The maximum atomic E-state index is 12.7. The summed E-state index contributed by atoms with van der Waals surface area (Å²) in [4.78, 5) is 13.1. The van der Waals surface area contributed by atoms with E-state index < -0.39 is 18.1 Å². The summed E-state index contributed by atoms with van der Waals surface area (Å²) in [6.07, 6.45) is -1.60. The second kappa shape index (κ2) is 8.01. The van der Waals surface area contributed by atoms with Crippen molar-refractivity contribution in [3.05, 3.63) is 0 Å². The van der Waals surface area contributed by atoms with Gasteiger partial charge in [0.15, 0.2) is 0 Å². The van der Waals surface area contributed by atoms with E-state index >= 15 is 0 Å². The van der Waals surface area contributed by atoms with E-state index in [-0.39, 0.29) is 19.1 Å². The van der Waals surface area contributed by atoms with Gasteiger partial charge < -0.3 is 19.7 Å². The van der Waals surface area contributed by atoms with Gasteiger partial charge in [-0.15, -0.1) is 0 Å². The zero-order valence-corrected chi connectivity index (χ0v) is 12.5. The highest BCUT2D eigenvalue weighted by Crippen LogP contribution is 2.32. The molecule has 0 spiro atoms. The number of urea groups is 1. The fourth-order valence-corrected chi connectivity index (χ4v) is 2.76. The Bertz CT molecular complexity index is 360. The maximum absolute atomic E-state index is 12.7. The fraction of sp³-hybridized carbons (Fsp3) is 0.929. The summed E-state index contributed by atoms with van der Waals surface area (Å²) in [6, 6.07) is -0.449. The van der Waals surface area contributed by atoms with Crippen LogP contribution >= 0.6 is 0 Å². The largest absolute Gasteiger partial charge is 0.393 e. The molecule has 128 valence electrons. The summed E-state index contributed by atoms with van der Waals surface area (Å²) < 4.78 is 48.8. The molecule has 2 amide bonds. The Morgan fingerprint density at radius 3 is 2.82 bits per heavy atom. The molecule has 0 aromatic carbocycles. The number of carbonyl (C=O) groups excluding carboxylic acids is 1. The van der Waals surface area contributed by atoms with Crippen LogP contribution in [0.2, 0.25) is 0 Å². The highest BCUT2D eigenvalue weighted by atomic mass is 19.4. The van der Waals surface area contributed by atoms with E-state index in [1.165, 1.54) is 4.90 Å². The van der Waals surface area contributed by atoms with Crippen LogP contribution in [0.15, 0.2) is 0 Å². The van der Waals surface area contributed by atoms with E-state index in [1.54, 1.807) is 0 Å². The van der Waals surface area contributed by atoms with Gasteiger partial charge >= 0.3 is 12.2 Å². The van der Waals surface area contributed by atoms with Gasteiger partial charge in [-0.2, -0.15) is 13.2 Å². The van der Waals surface area contributed by atoms with E-state index in [2.05, 4.69) is 5.32 Å². The minimum Gasteiger partial charge on any atom is -0.377 e. The van der Waals surface area contributed by atoms with Gasteiger partial charge in [0, 0.05) is 26.2 Å². The number of alkyl halides is 3. The van der Waals surface area contributed by atoms with Crippen molar-refractivity contribution in [3.63, 3.8) is 0 Å². The number of halogens is 3. The first kappa shape index (κ1) is 17.3. The molecule has 2 saturated heterocycles. The number of carbonyl (C=O) groups is 1.